The summed E-state index contributed by atoms with van der Waals surface area (Å²) in [6.07, 6.45) is 1.04. The Morgan fingerprint density at radius 2 is 1.91 bits per heavy atom. The number of carbonyl (C=O) groups is 2. The predicted molar refractivity (Wildman–Crippen MR) is 81.8 cm³/mol. The number of aromatic carboxylic acids is 1. The zero-order chi connectivity index (χ0) is 16.4. The van der Waals surface area contributed by atoms with Crippen LogP contribution in [0, 0.1) is 5.41 Å². The quantitative estimate of drug-likeness (QED) is 0.751. The summed E-state index contributed by atoms with van der Waals surface area (Å²) in [5.41, 5.74) is 0.830. The van der Waals surface area contributed by atoms with Crippen molar-refractivity contribution in [2.24, 2.45) is 0 Å². The van der Waals surface area contributed by atoms with Gasteiger partial charge in [-0.25, -0.2) is 4.79 Å². The van der Waals surface area contributed by atoms with Gasteiger partial charge in [-0.1, -0.05) is 6.07 Å². The largest absolute Gasteiger partial charge is 0.478 e. The Hall–Kier alpha value is -3.35. The SMILES string of the molecule is N=Cc1ccc(NC(=O)c2ccc3c(c2)OCO3)c(C(=O)O)c1. The zero-order valence-corrected chi connectivity index (χ0v) is 11.8. The van der Waals surface area contributed by atoms with Crippen molar-refractivity contribution in [1.29, 1.82) is 5.41 Å². The van der Waals surface area contributed by atoms with E-state index in [0.29, 0.717) is 22.6 Å². The van der Waals surface area contributed by atoms with Gasteiger partial charge in [-0.3, -0.25) is 4.79 Å². The van der Waals surface area contributed by atoms with Crippen molar-refractivity contribution in [1.82, 2.24) is 0 Å². The molecular weight excluding hydrogens is 300 g/mol. The molecule has 0 saturated carbocycles. The number of anilines is 1. The highest BCUT2D eigenvalue weighted by atomic mass is 16.7. The van der Waals surface area contributed by atoms with Crippen LogP contribution < -0.4 is 14.8 Å². The van der Waals surface area contributed by atoms with Crippen LogP contribution in [-0.4, -0.2) is 30.0 Å². The third kappa shape index (κ3) is 2.84. The first-order valence-electron chi connectivity index (χ1n) is 6.67. The Morgan fingerprint density at radius 1 is 1.13 bits per heavy atom. The van der Waals surface area contributed by atoms with Gasteiger partial charge in [0.15, 0.2) is 11.5 Å². The van der Waals surface area contributed by atoms with Crippen molar-refractivity contribution in [3.05, 3.63) is 53.1 Å². The highest BCUT2D eigenvalue weighted by Crippen LogP contribution is 2.32. The molecule has 0 fully saturated rings. The lowest BCUT2D eigenvalue weighted by Crippen LogP contribution is -2.15. The number of ether oxygens (including phenoxy) is 2. The molecule has 7 heteroatoms. The second-order valence-corrected chi connectivity index (χ2v) is 4.78. The Balaban J connectivity index is 1.88. The van der Waals surface area contributed by atoms with Crippen molar-refractivity contribution in [3.63, 3.8) is 0 Å². The molecule has 23 heavy (non-hydrogen) atoms. The molecule has 3 N–H and O–H groups in total. The maximum absolute atomic E-state index is 12.3. The molecule has 0 unspecified atom stereocenters. The Kier molecular flexibility index (Phi) is 3.68. The molecule has 0 atom stereocenters. The molecule has 2 aromatic carbocycles. The molecule has 2 aromatic rings. The first-order chi connectivity index (χ1) is 11.1. The normalized spacial score (nSPS) is 11.8. The number of rotatable bonds is 4. The summed E-state index contributed by atoms with van der Waals surface area (Å²) in [6, 6.07) is 9.04. The summed E-state index contributed by atoms with van der Waals surface area (Å²) >= 11 is 0. The number of carboxylic acid groups (broad SMARTS) is 1. The van der Waals surface area contributed by atoms with E-state index in [4.69, 9.17) is 14.9 Å². The van der Waals surface area contributed by atoms with E-state index in [1.165, 1.54) is 18.2 Å². The van der Waals surface area contributed by atoms with Crippen molar-refractivity contribution >= 4 is 23.8 Å². The van der Waals surface area contributed by atoms with Crippen molar-refractivity contribution < 1.29 is 24.2 Å². The second-order valence-electron chi connectivity index (χ2n) is 4.78. The van der Waals surface area contributed by atoms with Gasteiger partial charge in [0.1, 0.15) is 0 Å². The molecule has 1 aliphatic rings. The van der Waals surface area contributed by atoms with E-state index in [1.54, 1.807) is 18.2 Å². The average Bonchev–Trinajstić information content (AvgIpc) is 3.02. The molecule has 0 bridgehead atoms. The minimum atomic E-state index is -1.19. The van der Waals surface area contributed by atoms with Gasteiger partial charge in [-0.05, 0) is 35.9 Å². The molecule has 1 aliphatic heterocycles. The molecule has 1 amide bonds. The van der Waals surface area contributed by atoms with Crippen LogP contribution in [0.5, 0.6) is 11.5 Å². The number of carboxylic acids is 1. The van der Waals surface area contributed by atoms with Crippen LogP contribution in [0.25, 0.3) is 0 Å². The highest BCUT2D eigenvalue weighted by Gasteiger charge is 2.18. The lowest BCUT2D eigenvalue weighted by atomic mass is 10.1. The van der Waals surface area contributed by atoms with Crippen LogP contribution in [0.15, 0.2) is 36.4 Å². The fraction of sp³-hybridized carbons (Fsp3) is 0.0625. The number of nitrogens with one attached hydrogen (secondary N) is 2. The number of hydrogen-bond donors (Lipinski definition) is 3. The summed E-state index contributed by atoms with van der Waals surface area (Å²) in [7, 11) is 0. The van der Waals surface area contributed by atoms with E-state index >= 15 is 0 Å². The van der Waals surface area contributed by atoms with Crippen LogP contribution in [0.1, 0.15) is 26.3 Å². The van der Waals surface area contributed by atoms with Gasteiger partial charge < -0.3 is 25.3 Å². The van der Waals surface area contributed by atoms with Crippen LogP contribution in [-0.2, 0) is 0 Å². The molecule has 7 nitrogen and oxygen atoms in total. The molecule has 116 valence electrons. The third-order valence-corrected chi connectivity index (χ3v) is 3.32. The van der Waals surface area contributed by atoms with Gasteiger partial charge in [0.2, 0.25) is 6.79 Å². The molecule has 3 rings (SSSR count). The van der Waals surface area contributed by atoms with Gasteiger partial charge in [0.05, 0.1) is 11.3 Å². The second kappa shape index (κ2) is 5.80. The van der Waals surface area contributed by atoms with E-state index in [0.717, 1.165) is 6.21 Å². The van der Waals surface area contributed by atoms with Crippen molar-refractivity contribution in [2.45, 2.75) is 0 Å². The monoisotopic (exact) mass is 312 g/mol. The molecule has 0 aromatic heterocycles. The first kappa shape index (κ1) is 14.6. The number of amides is 1. The zero-order valence-electron chi connectivity index (χ0n) is 11.8. The smallest absolute Gasteiger partial charge is 0.337 e. The Labute approximate surface area is 131 Å². The highest BCUT2D eigenvalue weighted by molar-refractivity contribution is 6.08. The lowest BCUT2D eigenvalue weighted by Gasteiger charge is -2.09. The molecular formula is C16H12N2O5. The van der Waals surface area contributed by atoms with Crippen LogP contribution in [0.3, 0.4) is 0 Å². The summed E-state index contributed by atoms with van der Waals surface area (Å²) in [5, 5.41) is 19.0. The van der Waals surface area contributed by atoms with Crippen LogP contribution in [0.4, 0.5) is 5.69 Å². The minimum absolute atomic E-state index is 0.0832. The van der Waals surface area contributed by atoms with Gasteiger partial charge in [0.25, 0.3) is 5.91 Å². The number of benzene rings is 2. The number of carbonyl (C=O) groups excluding carboxylic acids is 1. The Morgan fingerprint density at radius 3 is 2.65 bits per heavy atom. The van der Waals surface area contributed by atoms with Crippen molar-refractivity contribution in [3.8, 4) is 11.5 Å². The van der Waals surface area contributed by atoms with E-state index in [1.807, 2.05) is 0 Å². The third-order valence-electron chi connectivity index (χ3n) is 3.32. The molecule has 0 aliphatic carbocycles. The predicted octanol–water partition coefficient (Wildman–Crippen LogP) is 2.36. The lowest BCUT2D eigenvalue weighted by molar-refractivity contribution is 0.0698. The number of fused-ring (bicyclic) bond motifs is 1. The van der Waals surface area contributed by atoms with E-state index in [9.17, 15) is 14.7 Å². The maximum atomic E-state index is 12.3. The van der Waals surface area contributed by atoms with E-state index in [-0.39, 0.29) is 18.0 Å². The van der Waals surface area contributed by atoms with E-state index < -0.39 is 11.9 Å². The summed E-state index contributed by atoms with van der Waals surface area (Å²) in [6.45, 7) is 0.106. The van der Waals surface area contributed by atoms with Gasteiger partial charge in [-0.15, -0.1) is 0 Å². The first-order valence-corrected chi connectivity index (χ1v) is 6.67. The molecule has 0 spiro atoms. The van der Waals surface area contributed by atoms with Gasteiger partial charge in [-0.2, -0.15) is 0 Å². The standard InChI is InChI=1S/C16H12N2O5/c17-7-9-1-3-12(11(5-9)16(20)21)18-15(19)10-2-4-13-14(6-10)23-8-22-13/h1-7,17H,8H2,(H,18,19)(H,20,21). The summed E-state index contributed by atoms with van der Waals surface area (Å²) in [5.74, 6) is -0.624. The Bertz CT molecular complexity index is 816. The topological polar surface area (TPSA) is 109 Å². The molecule has 0 radical (unpaired) electrons. The molecule has 1 heterocycles. The minimum Gasteiger partial charge on any atom is -0.478 e. The van der Waals surface area contributed by atoms with Gasteiger partial charge in [0, 0.05) is 11.8 Å². The average molecular weight is 312 g/mol. The maximum Gasteiger partial charge on any atom is 0.337 e. The fourth-order valence-corrected chi connectivity index (χ4v) is 2.17. The summed E-state index contributed by atoms with van der Waals surface area (Å²) < 4.78 is 10.4. The van der Waals surface area contributed by atoms with Crippen LogP contribution in [0.2, 0.25) is 0 Å². The van der Waals surface area contributed by atoms with Crippen LogP contribution >= 0.6 is 0 Å². The summed E-state index contributed by atoms with van der Waals surface area (Å²) in [4.78, 5) is 23.6. The molecule has 0 saturated heterocycles. The van der Waals surface area contributed by atoms with Crippen molar-refractivity contribution in [2.75, 3.05) is 12.1 Å². The van der Waals surface area contributed by atoms with E-state index in [2.05, 4.69) is 5.32 Å². The fourth-order valence-electron chi connectivity index (χ4n) is 2.17. The number of hydrogen-bond acceptors (Lipinski definition) is 5. The van der Waals surface area contributed by atoms with Gasteiger partial charge >= 0.3 is 5.97 Å².